The highest BCUT2D eigenvalue weighted by Gasteiger charge is 2.15. The maximum atomic E-state index is 12.1. The van der Waals surface area contributed by atoms with Crippen LogP contribution in [0.3, 0.4) is 0 Å². The van der Waals surface area contributed by atoms with Crippen molar-refractivity contribution in [3.63, 3.8) is 0 Å². The Morgan fingerprint density at radius 1 is 1.40 bits per heavy atom. The summed E-state index contributed by atoms with van der Waals surface area (Å²) in [5.74, 6) is 0.102. The zero-order valence-corrected chi connectivity index (χ0v) is 13.0. The van der Waals surface area contributed by atoms with Gasteiger partial charge in [-0.25, -0.2) is 0 Å². The third-order valence-electron chi connectivity index (χ3n) is 2.92. The highest BCUT2D eigenvalue weighted by Crippen LogP contribution is 2.27. The second kappa shape index (κ2) is 6.81. The molecule has 1 N–H and O–H groups in total. The van der Waals surface area contributed by atoms with Gasteiger partial charge in [-0.1, -0.05) is 55.3 Å². The van der Waals surface area contributed by atoms with Crippen LogP contribution in [0.25, 0.3) is 0 Å². The van der Waals surface area contributed by atoms with E-state index in [4.69, 9.17) is 11.6 Å². The fourth-order valence-electron chi connectivity index (χ4n) is 1.85. The molecule has 0 unspecified atom stereocenters. The first kappa shape index (κ1) is 14.9. The van der Waals surface area contributed by atoms with Crippen LogP contribution in [-0.4, -0.2) is 16.1 Å². The van der Waals surface area contributed by atoms with Crippen molar-refractivity contribution in [1.82, 2.24) is 10.2 Å². The van der Waals surface area contributed by atoms with E-state index in [2.05, 4.69) is 29.4 Å². The largest absolute Gasteiger partial charge is 0.296 e. The van der Waals surface area contributed by atoms with Crippen LogP contribution in [-0.2, 0) is 0 Å². The predicted molar refractivity (Wildman–Crippen MR) is 82.6 cm³/mol. The van der Waals surface area contributed by atoms with Gasteiger partial charge < -0.3 is 0 Å². The van der Waals surface area contributed by atoms with Crippen LogP contribution >= 0.6 is 22.9 Å². The molecule has 0 aliphatic rings. The molecule has 0 saturated heterocycles. The number of halogens is 1. The number of hydrogen-bond donors (Lipinski definition) is 1. The lowest BCUT2D eigenvalue weighted by atomic mass is 10.1. The molecule has 0 aliphatic heterocycles. The molecular formula is C14H16ClN3OS. The van der Waals surface area contributed by atoms with E-state index in [1.807, 2.05) is 0 Å². The first-order valence-corrected chi connectivity index (χ1v) is 7.70. The quantitative estimate of drug-likeness (QED) is 0.893. The van der Waals surface area contributed by atoms with Crippen molar-refractivity contribution in [2.45, 2.75) is 32.6 Å². The van der Waals surface area contributed by atoms with Crippen molar-refractivity contribution < 1.29 is 4.79 Å². The Labute approximate surface area is 127 Å². The lowest BCUT2D eigenvalue weighted by Gasteiger charge is -2.04. The molecule has 1 amide bonds. The minimum Gasteiger partial charge on any atom is -0.296 e. The molecular weight excluding hydrogens is 294 g/mol. The zero-order chi connectivity index (χ0) is 14.5. The molecule has 4 nitrogen and oxygen atoms in total. The standard InChI is InChI=1S/C14H16ClN3OS/c1-3-6-9(2)13-17-18-14(20-13)16-12(19)10-7-4-5-8-11(10)15/h4-5,7-9H,3,6H2,1-2H3,(H,16,18,19)/t9-/m0/s1. The number of amides is 1. The zero-order valence-electron chi connectivity index (χ0n) is 11.4. The van der Waals surface area contributed by atoms with E-state index >= 15 is 0 Å². The fraction of sp³-hybridized carbons (Fsp3) is 0.357. The summed E-state index contributed by atoms with van der Waals surface area (Å²) in [7, 11) is 0. The number of hydrogen-bond acceptors (Lipinski definition) is 4. The molecule has 1 heterocycles. The Kier molecular flexibility index (Phi) is 5.09. The smallest absolute Gasteiger partial charge is 0.259 e. The molecule has 0 spiro atoms. The second-order valence-electron chi connectivity index (χ2n) is 4.57. The molecule has 0 bridgehead atoms. The first-order chi connectivity index (χ1) is 9.61. The summed E-state index contributed by atoms with van der Waals surface area (Å²) < 4.78 is 0. The topological polar surface area (TPSA) is 54.9 Å². The molecule has 0 aliphatic carbocycles. The molecule has 20 heavy (non-hydrogen) atoms. The average molecular weight is 310 g/mol. The van der Waals surface area contributed by atoms with Crippen LogP contribution in [0.2, 0.25) is 5.02 Å². The predicted octanol–water partition coefficient (Wildman–Crippen LogP) is 4.35. The van der Waals surface area contributed by atoms with E-state index in [9.17, 15) is 4.79 Å². The van der Waals surface area contributed by atoms with Crippen molar-refractivity contribution in [1.29, 1.82) is 0 Å². The summed E-state index contributed by atoms with van der Waals surface area (Å²) in [6.45, 7) is 4.25. The number of nitrogens with one attached hydrogen (secondary N) is 1. The van der Waals surface area contributed by atoms with Gasteiger partial charge in [0.2, 0.25) is 5.13 Å². The molecule has 0 saturated carbocycles. The fourth-order valence-corrected chi connectivity index (χ4v) is 2.90. The molecule has 0 fully saturated rings. The Bertz CT molecular complexity index is 600. The minimum absolute atomic E-state index is 0.263. The van der Waals surface area contributed by atoms with E-state index in [0.29, 0.717) is 21.6 Å². The van der Waals surface area contributed by atoms with Crippen LogP contribution in [0.15, 0.2) is 24.3 Å². The van der Waals surface area contributed by atoms with E-state index < -0.39 is 0 Å². The van der Waals surface area contributed by atoms with Gasteiger partial charge in [0.1, 0.15) is 5.01 Å². The number of carbonyl (C=O) groups is 1. The van der Waals surface area contributed by atoms with Gasteiger partial charge in [-0.05, 0) is 18.6 Å². The Morgan fingerprint density at radius 2 is 2.15 bits per heavy atom. The van der Waals surface area contributed by atoms with Gasteiger partial charge in [-0.2, -0.15) is 0 Å². The highest BCUT2D eigenvalue weighted by molar-refractivity contribution is 7.15. The number of carbonyl (C=O) groups excluding carboxylic acids is 1. The van der Waals surface area contributed by atoms with E-state index in [1.165, 1.54) is 11.3 Å². The molecule has 6 heteroatoms. The molecule has 1 aromatic heterocycles. The molecule has 0 radical (unpaired) electrons. The van der Waals surface area contributed by atoms with Crippen molar-refractivity contribution in [3.8, 4) is 0 Å². The van der Waals surface area contributed by atoms with Crippen molar-refractivity contribution in [2.75, 3.05) is 5.32 Å². The summed E-state index contributed by atoms with van der Waals surface area (Å²) in [5.41, 5.74) is 0.438. The lowest BCUT2D eigenvalue weighted by Crippen LogP contribution is -2.12. The van der Waals surface area contributed by atoms with Crippen molar-refractivity contribution >= 4 is 34.0 Å². The summed E-state index contributed by atoms with van der Waals surface area (Å²) in [6.07, 6.45) is 2.16. The summed E-state index contributed by atoms with van der Waals surface area (Å²) in [6, 6.07) is 6.93. The van der Waals surface area contributed by atoms with Crippen LogP contribution in [0, 0.1) is 0 Å². The normalized spacial score (nSPS) is 12.2. The third kappa shape index (κ3) is 3.55. The Morgan fingerprint density at radius 3 is 2.85 bits per heavy atom. The number of aromatic nitrogens is 2. The number of anilines is 1. The third-order valence-corrected chi connectivity index (χ3v) is 4.32. The van der Waals surface area contributed by atoms with Gasteiger partial charge in [-0.3, -0.25) is 10.1 Å². The van der Waals surface area contributed by atoms with E-state index in [0.717, 1.165) is 17.8 Å². The minimum atomic E-state index is -0.263. The van der Waals surface area contributed by atoms with Crippen LogP contribution in [0.4, 0.5) is 5.13 Å². The molecule has 2 aromatic rings. The molecule has 106 valence electrons. The van der Waals surface area contributed by atoms with Crippen molar-refractivity contribution in [3.05, 3.63) is 39.9 Å². The monoisotopic (exact) mass is 309 g/mol. The van der Waals surface area contributed by atoms with Gasteiger partial charge in [0.15, 0.2) is 0 Å². The van der Waals surface area contributed by atoms with Gasteiger partial charge >= 0.3 is 0 Å². The van der Waals surface area contributed by atoms with E-state index in [-0.39, 0.29) is 5.91 Å². The van der Waals surface area contributed by atoms with Crippen LogP contribution in [0.1, 0.15) is 48.0 Å². The molecule has 1 aromatic carbocycles. The van der Waals surface area contributed by atoms with Gasteiger partial charge in [-0.15, -0.1) is 10.2 Å². The summed E-state index contributed by atoms with van der Waals surface area (Å²) in [5, 5.41) is 12.7. The number of nitrogens with zero attached hydrogens (tertiary/aromatic N) is 2. The van der Waals surface area contributed by atoms with Gasteiger partial charge in [0, 0.05) is 5.92 Å². The van der Waals surface area contributed by atoms with Crippen LogP contribution < -0.4 is 5.32 Å². The first-order valence-electron chi connectivity index (χ1n) is 6.51. The Balaban J connectivity index is 2.07. The summed E-state index contributed by atoms with van der Waals surface area (Å²) >= 11 is 7.40. The maximum Gasteiger partial charge on any atom is 0.259 e. The number of benzene rings is 1. The lowest BCUT2D eigenvalue weighted by molar-refractivity contribution is 0.102. The Hall–Kier alpha value is -1.46. The second-order valence-corrected chi connectivity index (χ2v) is 5.99. The number of rotatable bonds is 5. The van der Waals surface area contributed by atoms with Gasteiger partial charge in [0.05, 0.1) is 10.6 Å². The molecule has 2 rings (SSSR count). The maximum absolute atomic E-state index is 12.1. The summed E-state index contributed by atoms with van der Waals surface area (Å²) in [4.78, 5) is 12.1. The average Bonchev–Trinajstić information content (AvgIpc) is 2.88. The SMILES string of the molecule is CCC[C@H](C)c1nnc(NC(=O)c2ccccc2Cl)s1. The van der Waals surface area contributed by atoms with Crippen molar-refractivity contribution in [2.24, 2.45) is 0 Å². The highest BCUT2D eigenvalue weighted by atomic mass is 35.5. The van der Waals surface area contributed by atoms with Gasteiger partial charge in [0.25, 0.3) is 5.91 Å². The van der Waals surface area contributed by atoms with E-state index in [1.54, 1.807) is 24.3 Å². The molecule has 1 atom stereocenters. The van der Waals surface area contributed by atoms with Crippen LogP contribution in [0.5, 0.6) is 0 Å².